The molecule has 0 N–H and O–H groups in total. The highest BCUT2D eigenvalue weighted by Gasteiger charge is 2.30. The second-order valence-electron chi connectivity index (χ2n) is 5.24. The number of nitrogens with zero attached hydrogens (tertiary/aromatic N) is 3. The number of sulfonamides is 1. The molecule has 1 aromatic carbocycles. The Labute approximate surface area is 123 Å². The van der Waals surface area contributed by atoms with Crippen LogP contribution in [-0.2, 0) is 30.0 Å². The molecule has 0 atom stereocenters. The van der Waals surface area contributed by atoms with Crippen molar-refractivity contribution in [1.29, 1.82) is 0 Å². The first-order valence-corrected chi connectivity index (χ1v) is 8.09. The molecule has 112 valence electrons. The zero-order chi connectivity index (χ0) is 15.2. The molecule has 0 fully saturated rings. The number of hydrogen-bond donors (Lipinski definition) is 0. The first-order chi connectivity index (χ1) is 9.88. The van der Waals surface area contributed by atoms with Gasteiger partial charge in [0.15, 0.2) is 5.03 Å². The predicted molar refractivity (Wildman–Crippen MR) is 75.6 cm³/mol. The van der Waals surface area contributed by atoms with Crippen molar-refractivity contribution in [3.05, 3.63) is 47.2 Å². The molecular formula is C14H16FN3O2S. The van der Waals surface area contributed by atoms with E-state index in [1.807, 2.05) is 0 Å². The van der Waals surface area contributed by atoms with Gasteiger partial charge in [-0.25, -0.2) is 17.8 Å². The van der Waals surface area contributed by atoms with E-state index >= 15 is 0 Å². The molecule has 0 saturated carbocycles. The molecular weight excluding hydrogens is 293 g/mol. The number of rotatable bonds is 2. The highest BCUT2D eigenvalue weighted by atomic mass is 32.2. The molecule has 0 spiro atoms. The number of hydrogen-bond acceptors (Lipinski definition) is 3. The van der Waals surface area contributed by atoms with Crippen LogP contribution < -0.4 is 0 Å². The molecule has 1 aliphatic rings. The van der Waals surface area contributed by atoms with Gasteiger partial charge in [0, 0.05) is 26.3 Å². The predicted octanol–water partition coefficient (Wildman–Crippen LogP) is 1.61. The van der Waals surface area contributed by atoms with Crippen LogP contribution in [0.15, 0.2) is 29.4 Å². The van der Waals surface area contributed by atoms with Gasteiger partial charge in [-0.1, -0.05) is 6.07 Å². The van der Waals surface area contributed by atoms with Crippen LogP contribution in [0.2, 0.25) is 0 Å². The van der Waals surface area contributed by atoms with E-state index in [0.717, 1.165) is 11.1 Å². The Morgan fingerprint density at radius 2 is 2.05 bits per heavy atom. The lowest BCUT2D eigenvalue weighted by Gasteiger charge is -2.27. The molecule has 0 radical (unpaired) electrons. The van der Waals surface area contributed by atoms with Crippen molar-refractivity contribution in [3.8, 4) is 0 Å². The van der Waals surface area contributed by atoms with Crippen LogP contribution in [-0.4, -0.2) is 28.8 Å². The first kappa shape index (κ1) is 14.2. The topological polar surface area (TPSA) is 55.2 Å². The van der Waals surface area contributed by atoms with Gasteiger partial charge in [0.25, 0.3) is 10.0 Å². The molecule has 1 aromatic heterocycles. The Bertz CT molecular complexity index is 779. The van der Waals surface area contributed by atoms with Crippen LogP contribution in [0.1, 0.15) is 17.0 Å². The van der Waals surface area contributed by atoms with Crippen molar-refractivity contribution in [3.63, 3.8) is 0 Å². The molecule has 2 heterocycles. The van der Waals surface area contributed by atoms with E-state index in [-0.39, 0.29) is 17.4 Å². The highest BCUT2D eigenvalue weighted by Crippen LogP contribution is 2.25. The molecule has 21 heavy (non-hydrogen) atoms. The Hall–Kier alpha value is -1.73. The van der Waals surface area contributed by atoms with Gasteiger partial charge in [0.1, 0.15) is 11.6 Å². The second kappa shape index (κ2) is 4.92. The van der Waals surface area contributed by atoms with Gasteiger partial charge < -0.3 is 4.57 Å². The maximum Gasteiger partial charge on any atom is 0.262 e. The molecule has 5 nitrogen and oxygen atoms in total. The Morgan fingerprint density at radius 1 is 1.29 bits per heavy atom. The van der Waals surface area contributed by atoms with E-state index < -0.39 is 10.0 Å². The zero-order valence-corrected chi connectivity index (χ0v) is 12.7. The number of benzene rings is 1. The fourth-order valence-corrected chi connectivity index (χ4v) is 3.93. The number of aryl methyl sites for hydroxylation is 2. The average molecular weight is 309 g/mol. The number of halogens is 1. The zero-order valence-electron chi connectivity index (χ0n) is 11.9. The maximum absolute atomic E-state index is 13.3. The summed E-state index contributed by atoms with van der Waals surface area (Å²) in [7, 11) is -1.89. The van der Waals surface area contributed by atoms with Gasteiger partial charge in [-0.2, -0.15) is 4.31 Å². The van der Waals surface area contributed by atoms with Gasteiger partial charge >= 0.3 is 0 Å². The van der Waals surface area contributed by atoms with Gasteiger partial charge in [-0.05, 0) is 36.6 Å². The lowest BCUT2D eigenvalue weighted by atomic mass is 10.0. The van der Waals surface area contributed by atoms with E-state index in [0.29, 0.717) is 18.8 Å². The summed E-state index contributed by atoms with van der Waals surface area (Å²) in [4.78, 5) is 4.09. The third kappa shape index (κ3) is 2.47. The molecule has 0 aliphatic carbocycles. The Morgan fingerprint density at radius 3 is 2.71 bits per heavy atom. The third-order valence-corrected chi connectivity index (χ3v) is 5.55. The number of aromatic nitrogens is 2. The summed E-state index contributed by atoms with van der Waals surface area (Å²) >= 11 is 0. The molecule has 2 aromatic rings. The molecule has 0 bridgehead atoms. The first-order valence-electron chi connectivity index (χ1n) is 6.65. The summed E-state index contributed by atoms with van der Waals surface area (Å²) in [6.07, 6.45) is 2.09. The summed E-state index contributed by atoms with van der Waals surface area (Å²) in [5, 5.41) is 0.0438. The molecule has 0 saturated heterocycles. The second-order valence-corrected chi connectivity index (χ2v) is 7.12. The van der Waals surface area contributed by atoms with Crippen molar-refractivity contribution < 1.29 is 12.8 Å². The van der Waals surface area contributed by atoms with E-state index in [1.165, 1.54) is 22.6 Å². The van der Waals surface area contributed by atoms with Crippen LogP contribution in [0.4, 0.5) is 4.39 Å². The number of fused-ring (bicyclic) bond motifs is 1. The SMILES string of the molecule is Cc1nc(S(=O)(=O)N2CCc3ccc(F)cc3C2)cn1C. The summed E-state index contributed by atoms with van der Waals surface area (Å²) < 4.78 is 41.6. The fraction of sp³-hybridized carbons (Fsp3) is 0.357. The van der Waals surface area contributed by atoms with Crippen molar-refractivity contribution in [1.82, 2.24) is 13.9 Å². The van der Waals surface area contributed by atoms with Gasteiger partial charge in [0.2, 0.25) is 0 Å². The number of imidazole rings is 1. The quantitative estimate of drug-likeness (QED) is 0.847. The lowest BCUT2D eigenvalue weighted by molar-refractivity contribution is 0.388. The van der Waals surface area contributed by atoms with Crippen molar-refractivity contribution in [2.75, 3.05) is 6.54 Å². The molecule has 7 heteroatoms. The van der Waals surface area contributed by atoms with Gasteiger partial charge in [-0.3, -0.25) is 0 Å². The van der Waals surface area contributed by atoms with Crippen molar-refractivity contribution in [2.45, 2.75) is 24.9 Å². The minimum Gasteiger partial charge on any atom is -0.337 e. The van der Waals surface area contributed by atoms with E-state index in [1.54, 1.807) is 24.6 Å². The molecule has 0 unspecified atom stereocenters. The largest absolute Gasteiger partial charge is 0.337 e. The Kier molecular flexibility index (Phi) is 3.33. The van der Waals surface area contributed by atoms with E-state index in [4.69, 9.17) is 0 Å². The summed E-state index contributed by atoms with van der Waals surface area (Å²) in [6, 6.07) is 4.53. The molecule has 3 rings (SSSR count). The standard InChI is InChI=1S/C14H16FN3O2S/c1-10-16-14(9-17(10)2)21(19,20)18-6-5-11-3-4-13(15)7-12(11)8-18/h3-4,7,9H,5-6,8H2,1-2H3. The van der Waals surface area contributed by atoms with Gasteiger partial charge in [-0.15, -0.1) is 0 Å². The monoisotopic (exact) mass is 309 g/mol. The van der Waals surface area contributed by atoms with E-state index in [2.05, 4.69) is 4.98 Å². The lowest BCUT2D eigenvalue weighted by Crippen LogP contribution is -2.36. The van der Waals surface area contributed by atoms with Crippen LogP contribution in [0.5, 0.6) is 0 Å². The van der Waals surface area contributed by atoms with E-state index in [9.17, 15) is 12.8 Å². The highest BCUT2D eigenvalue weighted by molar-refractivity contribution is 7.89. The summed E-state index contributed by atoms with van der Waals surface area (Å²) in [5.74, 6) is 0.290. The third-order valence-electron chi connectivity index (χ3n) is 3.84. The normalized spacial score (nSPS) is 16.0. The molecule has 1 aliphatic heterocycles. The van der Waals surface area contributed by atoms with Gasteiger partial charge in [0.05, 0.1) is 0 Å². The summed E-state index contributed by atoms with van der Waals surface area (Å²) in [5.41, 5.74) is 1.72. The smallest absolute Gasteiger partial charge is 0.262 e. The fourth-order valence-electron chi connectivity index (χ4n) is 2.49. The van der Waals surface area contributed by atoms with Crippen molar-refractivity contribution >= 4 is 10.0 Å². The van der Waals surface area contributed by atoms with Crippen molar-refractivity contribution in [2.24, 2.45) is 7.05 Å². The molecule has 0 amide bonds. The van der Waals surface area contributed by atoms with Crippen LogP contribution in [0, 0.1) is 12.7 Å². The average Bonchev–Trinajstić information content (AvgIpc) is 2.78. The van der Waals surface area contributed by atoms with Crippen LogP contribution in [0.3, 0.4) is 0 Å². The van der Waals surface area contributed by atoms with Crippen LogP contribution in [0.25, 0.3) is 0 Å². The van der Waals surface area contributed by atoms with Crippen LogP contribution >= 0.6 is 0 Å². The summed E-state index contributed by atoms with van der Waals surface area (Å²) in [6.45, 7) is 2.32. The minimum absolute atomic E-state index is 0.0438. The maximum atomic E-state index is 13.3. The minimum atomic E-state index is -3.64. The Balaban J connectivity index is 1.94.